The predicted octanol–water partition coefficient (Wildman–Crippen LogP) is 1.98. The molecule has 0 aromatic heterocycles. The van der Waals surface area contributed by atoms with Gasteiger partial charge in [-0.25, -0.2) is 0 Å². The molecule has 0 saturated heterocycles. The van der Waals surface area contributed by atoms with E-state index in [1.165, 1.54) is 0 Å². The molecule has 0 heterocycles. The van der Waals surface area contributed by atoms with Gasteiger partial charge in [0.2, 0.25) is 0 Å². The van der Waals surface area contributed by atoms with E-state index in [1.807, 2.05) is 18.7 Å². The topological polar surface area (TPSA) is 9.23 Å². The van der Waals surface area contributed by atoms with Gasteiger partial charge in [-0.15, -0.1) is 0 Å². The average molecular weight is 147 g/mol. The predicted molar refractivity (Wildman–Crippen MR) is 43.8 cm³/mol. The molecule has 1 radical (unpaired) electrons. The molecule has 0 saturated carbocycles. The zero-order valence-corrected chi connectivity index (χ0v) is 6.88. The van der Waals surface area contributed by atoms with Gasteiger partial charge in [-0.3, -0.25) is 0 Å². The lowest BCUT2D eigenvalue weighted by Crippen LogP contribution is -1.96. The van der Waals surface area contributed by atoms with Crippen LogP contribution in [-0.4, -0.2) is 24.7 Å². The van der Waals surface area contributed by atoms with E-state index in [2.05, 4.69) is 6.92 Å². The molecule has 0 fully saturated rings. The number of ether oxygens (including phenoxy) is 1. The van der Waals surface area contributed by atoms with Crippen LogP contribution in [-0.2, 0) is 4.74 Å². The molecular weight excluding hydrogens is 132 g/mol. The van der Waals surface area contributed by atoms with E-state index in [4.69, 9.17) is 4.74 Å². The summed E-state index contributed by atoms with van der Waals surface area (Å²) in [4.78, 5) is 0. The molecule has 0 aliphatic rings. The third-order valence-corrected chi connectivity index (χ3v) is 1.90. The Morgan fingerprint density at radius 1 is 1.44 bits per heavy atom. The largest absolute Gasteiger partial charge is 0.381 e. The van der Waals surface area contributed by atoms with Crippen molar-refractivity contribution in [1.82, 2.24) is 0 Å². The quantitative estimate of drug-likeness (QED) is 0.531. The normalized spacial score (nSPS) is 10.0. The van der Waals surface area contributed by atoms with Crippen molar-refractivity contribution in [2.75, 3.05) is 24.7 Å². The lowest BCUT2D eigenvalue weighted by molar-refractivity contribution is 0.164. The van der Waals surface area contributed by atoms with E-state index in [9.17, 15) is 0 Å². The van der Waals surface area contributed by atoms with Gasteiger partial charge in [-0.2, -0.15) is 11.8 Å². The number of rotatable bonds is 6. The summed E-state index contributed by atoms with van der Waals surface area (Å²) in [5.41, 5.74) is 0. The highest BCUT2D eigenvalue weighted by molar-refractivity contribution is 7.99. The van der Waals surface area contributed by atoms with Crippen molar-refractivity contribution in [3.8, 4) is 0 Å². The second kappa shape index (κ2) is 8.31. The summed E-state index contributed by atoms with van der Waals surface area (Å²) in [6.07, 6.45) is 1.02. The van der Waals surface area contributed by atoms with Crippen molar-refractivity contribution >= 4 is 11.8 Å². The van der Waals surface area contributed by atoms with E-state index < -0.39 is 0 Å². The highest BCUT2D eigenvalue weighted by atomic mass is 32.2. The summed E-state index contributed by atoms with van der Waals surface area (Å²) >= 11 is 1.91. The van der Waals surface area contributed by atoms with Crippen LogP contribution in [0.4, 0.5) is 0 Å². The Hall–Kier alpha value is 0.310. The molecule has 0 atom stereocenters. The summed E-state index contributed by atoms with van der Waals surface area (Å²) in [5, 5.41) is 0. The van der Waals surface area contributed by atoms with Gasteiger partial charge >= 0.3 is 0 Å². The third-order valence-electron chi connectivity index (χ3n) is 0.865. The second-order valence-corrected chi connectivity index (χ2v) is 2.89. The SMILES string of the molecule is [CH2]CCSCCOCC. The maximum atomic E-state index is 5.14. The Morgan fingerprint density at radius 3 is 2.78 bits per heavy atom. The van der Waals surface area contributed by atoms with Crippen LogP contribution in [0, 0.1) is 6.92 Å². The van der Waals surface area contributed by atoms with Crippen LogP contribution >= 0.6 is 11.8 Å². The van der Waals surface area contributed by atoms with Crippen molar-refractivity contribution in [2.24, 2.45) is 0 Å². The van der Waals surface area contributed by atoms with Gasteiger partial charge in [-0.1, -0.05) is 6.92 Å². The molecule has 0 spiro atoms. The summed E-state index contributed by atoms with van der Waals surface area (Å²) in [7, 11) is 0. The highest BCUT2D eigenvalue weighted by Crippen LogP contribution is 2.00. The van der Waals surface area contributed by atoms with Crippen LogP contribution in [0.3, 0.4) is 0 Å². The fourth-order valence-corrected chi connectivity index (χ4v) is 1.11. The Balaban J connectivity index is 2.60. The van der Waals surface area contributed by atoms with Crippen LogP contribution in [0.5, 0.6) is 0 Å². The van der Waals surface area contributed by atoms with Gasteiger partial charge in [0, 0.05) is 12.4 Å². The first-order chi connectivity index (χ1) is 4.41. The van der Waals surface area contributed by atoms with Gasteiger partial charge < -0.3 is 4.74 Å². The first-order valence-corrected chi connectivity index (χ1v) is 4.52. The molecule has 55 valence electrons. The minimum Gasteiger partial charge on any atom is -0.381 e. The van der Waals surface area contributed by atoms with Crippen LogP contribution < -0.4 is 0 Å². The van der Waals surface area contributed by atoms with E-state index in [0.29, 0.717) is 0 Å². The highest BCUT2D eigenvalue weighted by Gasteiger charge is 1.85. The molecule has 1 nitrogen and oxygen atoms in total. The molecular formula is C7H15OS. The molecule has 0 aromatic rings. The minimum absolute atomic E-state index is 0.838. The average Bonchev–Trinajstić information content (AvgIpc) is 1.89. The first kappa shape index (κ1) is 9.31. The minimum atomic E-state index is 0.838. The zero-order valence-electron chi connectivity index (χ0n) is 6.06. The number of thioether (sulfide) groups is 1. The number of hydrogen-bond acceptors (Lipinski definition) is 2. The van der Waals surface area contributed by atoms with Crippen LogP contribution in [0.2, 0.25) is 0 Å². The van der Waals surface area contributed by atoms with E-state index in [-0.39, 0.29) is 0 Å². The lowest BCUT2D eigenvalue weighted by atomic mass is 10.6. The Morgan fingerprint density at radius 2 is 2.22 bits per heavy atom. The molecule has 0 N–H and O–H groups in total. The van der Waals surface area contributed by atoms with E-state index in [1.54, 1.807) is 0 Å². The monoisotopic (exact) mass is 147 g/mol. The molecule has 0 aromatic carbocycles. The molecule has 0 bridgehead atoms. The Labute approximate surface area is 62.2 Å². The fourth-order valence-electron chi connectivity index (χ4n) is 0.466. The smallest absolute Gasteiger partial charge is 0.0556 e. The van der Waals surface area contributed by atoms with Crippen molar-refractivity contribution < 1.29 is 4.74 Å². The second-order valence-electron chi connectivity index (χ2n) is 1.66. The van der Waals surface area contributed by atoms with Crippen molar-refractivity contribution in [1.29, 1.82) is 0 Å². The zero-order chi connectivity index (χ0) is 6.95. The van der Waals surface area contributed by atoms with Gasteiger partial charge in [0.25, 0.3) is 0 Å². The molecule has 0 aliphatic carbocycles. The lowest BCUT2D eigenvalue weighted by Gasteiger charge is -1.98. The van der Waals surface area contributed by atoms with Crippen LogP contribution in [0.15, 0.2) is 0 Å². The van der Waals surface area contributed by atoms with E-state index >= 15 is 0 Å². The van der Waals surface area contributed by atoms with Crippen LogP contribution in [0.25, 0.3) is 0 Å². The Bertz CT molecular complexity index is 42.2. The van der Waals surface area contributed by atoms with E-state index in [0.717, 1.165) is 31.1 Å². The van der Waals surface area contributed by atoms with Gasteiger partial charge in [0.15, 0.2) is 0 Å². The molecule has 0 rings (SSSR count). The van der Waals surface area contributed by atoms with Crippen molar-refractivity contribution in [2.45, 2.75) is 13.3 Å². The number of hydrogen-bond donors (Lipinski definition) is 0. The first-order valence-electron chi connectivity index (χ1n) is 3.36. The maximum Gasteiger partial charge on any atom is 0.0556 e. The van der Waals surface area contributed by atoms with Gasteiger partial charge in [0.1, 0.15) is 0 Å². The fraction of sp³-hybridized carbons (Fsp3) is 0.857. The molecule has 0 unspecified atom stereocenters. The summed E-state index contributed by atoms with van der Waals surface area (Å²) in [6.45, 7) is 7.49. The molecule has 2 heteroatoms. The van der Waals surface area contributed by atoms with Gasteiger partial charge in [-0.05, 0) is 19.1 Å². The summed E-state index contributed by atoms with van der Waals surface area (Å²) in [5.74, 6) is 2.27. The Kier molecular flexibility index (Phi) is 8.60. The van der Waals surface area contributed by atoms with Crippen LogP contribution in [0.1, 0.15) is 13.3 Å². The van der Waals surface area contributed by atoms with Crippen molar-refractivity contribution in [3.63, 3.8) is 0 Å². The third kappa shape index (κ3) is 8.31. The maximum absolute atomic E-state index is 5.14. The van der Waals surface area contributed by atoms with Crippen molar-refractivity contribution in [3.05, 3.63) is 6.92 Å². The standard InChI is InChI=1S/C7H15OS/c1-3-6-9-7-5-8-4-2/h1,3-7H2,2H3. The van der Waals surface area contributed by atoms with Gasteiger partial charge in [0.05, 0.1) is 6.61 Å². The molecule has 0 aliphatic heterocycles. The summed E-state index contributed by atoms with van der Waals surface area (Å²) in [6, 6.07) is 0. The molecule has 0 amide bonds. The summed E-state index contributed by atoms with van der Waals surface area (Å²) < 4.78 is 5.14. The molecule has 9 heavy (non-hydrogen) atoms.